The molecule has 21 heavy (non-hydrogen) atoms. The van der Waals surface area contributed by atoms with Crippen LogP contribution in [0.4, 0.5) is 0 Å². The summed E-state index contributed by atoms with van der Waals surface area (Å²) in [6.07, 6.45) is -0.416. The SMILES string of the molecule is CCOC(=O)[C@H](Cc1ccccc1)[C@H](O)c1ccccc1. The monoisotopic (exact) mass is 284 g/mol. The Morgan fingerprint density at radius 3 is 2.19 bits per heavy atom. The zero-order chi connectivity index (χ0) is 15.1. The largest absolute Gasteiger partial charge is 0.466 e. The molecule has 3 heteroatoms. The third kappa shape index (κ3) is 4.17. The second kappa shape index (κ2) is 7.60. The van der Waals surface area contributed by atoms with E-state index in [-0.39, 0.29) is 5.97 Å². The molecule has 0 radical (unpaired) electrons. The smallest absolute Gasteiger partial charge is 0.312 e. The second-order valence-electron chi connectivity index (χ2n) is 4.90. The highest BCUT2D eigenvalue weighted by atomic mass is 16.5. The highest BCUT2D eigenvalue weighted by molar-refractivity contribution is 5.73. The Morgan fingerprint density at radius 2 is 1.62 bits per heavy atom. The van der Waals surface area contributed by atoms with Gasteiger partial charge in [0.15, 0.2) is 0 Å². The van der Waals surface area contributed by atoms with E-state index in [1.54, 1.807) is 6.92 Å². The molecule has 0 heterocycles. The fourth-order valence-corrected chi connectivity index (χ4v) is 2.32. The van der Waals surface area contributed by atoms with E-state index in [0.29, 0.717) is 13.0 Å². The van der Waals surface area contributed by atoms with E-state index in [9.17, 15) is 9.90 Å². The summed E-state index contributed by atoms with van der Waals surface area (Å²) < 4.78 is 5.12. The van der Waals surface area contributed by atoms with Gasteiger partial charge in [0.05, 0.1) is 18.6 Å². The van der Waals surface area contributed by atoms with Crippen LogP contribution in [-0.4, -0.2) is 17.7 Å². The van der Waals surface area contributed by atoms with Crippen LogP contribution in [0, 0.1) is 5.92 Å². The lowest BCUT2D eigenvalue weighted by atomic mass is 9.90. The molecule has 0 unspecified atom stereocenters. The number of hydrogen-bond donors (Lipinski definition) is 1. The molecule has 1 N–H and O–H groups in total. The van der Waals surface area contributed by atoms with Gasteiger partial charge >= 0.3 is 5.97 Å². The molecule has 0 aliphatic carbocycles. The van der Waals surface area contributed by atoms with Crippen molar-refractivity contribution in [2.75, 3.05) is 6.61 Å². The number of benzene rings is 2. The fraction of sp³-hybridized carbons (Fsp3) is 0.278. The highest BCUT2D eigenvalue weighted by Gasteiger charge is 2.29. The Kier molecular flexibility index (Phi) is 5.52. The topological polar surface area (TPSA) is 46.5 Å². The number of ether oxygens (including phenoxy) is 1. The maximum atomic E-state index is 12.2. The molecule has 0 aromatic heterocycles. The van der Waals surface area contributed by atoms with Crippen LogP contribution in [0.1, 0.15) is 24.2 Å². The summed E-state index contributed by atoms with van der Waals surface area (Å²) >= 11 is 0. The lowest BCUT2D eigenvalue weighted by Crippen LogP contribution is -2.26. The van der Waals surface area contributed by atoms with Gasteiger partial charge in [0.2, 0.25) is 0 Å². The molecule has 0 aliphatic heterocycles. The van der Waals surface area contributed by atoms with Crippen LogP contribution < -0.4 is 0 Å². The van der Waals surface area contributed by atoms with Gasteiger partial charge in [0.1, 0.15) is 0 Å². The van der Waals surface area contributed by atoms with Gasteiger partial charge < -0.3 is 9.84 Å². The quantitative estimate of drug-likeness (QED) is 0.829. The Morgan fingerprint density at radius 1 is 1.05 bits per heavy atom. The van der Waals surface area contributed by atoms with Crippen molar-refractivity contribution >= 4 is 5.97 Å². The summed E-state index contributed by atoms with van der Waals surface area (Å²) in [6.45, 7) is 2.08. The predicted octanol–water partition coefficient (Wildman–Crippen LogP) is 3.14. The van der Waals surface area contributed by atoms with Crippen LogP contribution in [0.25, 0.3) is 0 Å². The van der Waals surface area contributed by atoms with Crippen LogP contribution in [0.2, 0.25) is 0 Å². The van der Waals surface area contributed by atoms with Crippen molar-refractivity contribution < 1.29 is 14.6 Å². The van der Waals surface area contributed by atoms with Crippen molar-refractivity contribution in [3.8, 4) is 0 Å². The van der Waals surface area contributed by atoms with Crippen LogP contribution in [-0.2, 0) is 16.0 Å². The van der Waals surface area contributed by atoms with Gasteiger partial charge in [0, 0.05) is 0 Å². The Labute approximate surface area is 125 Å². The van der Waals surface area contributed by atoms with Crippen molar-refractivity contribution in [3.05, 3.63) is 71.8 Å². The maximum Gasteiger partial charge on any atom is 0.312 e. The average Bonchev–Trinajstić information content (AvgIpc) is 2.54. The molecule has 0 fully saturated rings. The van der Waals surface area contributed by atoms with E-state index in [0.717, 1.165) is 11.1 Å². The molecule has 2 aromatic rings. The number of aliphatic hydroxyl groups excluding tert-OH is 1. The van der Waals surface area contributed by atoms with Gasteiger partial charge in [-0.3, -0.25) is 4.79 Å². The number of hydrogen-bond acceptors (Lipinski definition) is 3. The first-order valence-electron chi connectivity index (χ1n) is 7.16. The van der Waals surface area contributed by atoms with E-state index in [2.05, 4.69) is 0 Å². The average molecular weight is 284 g/mol. The third-order valence-corrected chi connectivity index (χ3v) is 3.41. The standard InChI is InChI=1S/C18H20O3/c1-2-21-18(20)16(13-14-9-5-3-6-10-14)17(19)15-11-7-4-8-12-15/h3-12,16-17,19H,2,13H2,1H3/t16-,17-/m1/s1. The lowest BCUT2D eigenvalue weighted by Gasteiger charge is -2.21. The molecule has 0 bridgehead atoms. The van der Waals surface area contributed by atoms with Gasteiger partial charge in [-0.25, -0.2) is 0 Å². The van der Waals surface area contributed by atoms with Crippen molar-refractivity contribution in [2.24, 2.45) is 5.92 Å². The third-order valence-electron chi connectivity index (χ3n) is 3.41. The second-order valence-corrected chi connectivity index (χ2v) is 4.90. The summed E-state index contributed by atoms with van der Waals surface area (Å²) in [4.78, 5) is 12.2. The molecule has 0 spiro atoms. The first kappa shape index (κ1) is 15.3. The van der Waals surface area contributed by atoms with Crippen LogP contribution >= 0.6 is 0 Å². The summed E-state index contributed by atoms with van der Waals surface area (Å²) in [5.74, 6) is -0.965. The van der Waals surface area contributed by atoms with E-state index in [1.807, 2.05) is 60.7 Å². The van der Waals surface area contributed by atoms with Crippen LogP contribution in [0.5, 0.6) is 0 Å². The van der Waals surface area contributed by atoms with E-state index in [4.69, 9.17) is 4.74 Å². The first-order valence-corrected chi connectivity index (χ1v) is 7.16. The fourth-order valence-electron chi connectivity index (χ4n) is 2.32. The number of aliphatic hydroxyl groups is 1. The molecule has 2 atom stereocenters. The summed E-state index contributed by atoms with van der Waals surface area (Å²) in [5.41, 5.74) is 1.73. The molecule has 110 valence electrons. The van der Waals surface area contributed by atoms with Crippen molar-refractivity contribution in [3.63, 3.8) is 0 Å². The molecule has 0 amide bonds. The van der Waals surface area contributed by atoms with Crippen molar-refractivity contribution in [1.82, 2.24) is 0 Å². The van der Waals surface area contributed by atoms with Crippen molar-refractivity contribution in [1.29, 1.82) is 0 Å². The zero-order valence-electron chi connectivity index (χ0n) is 12.1. The van der Waals surface area contributed by atoms with E-state index < -0.39 is 12.0 Å². The number of rotatable bonds is 6. The van der Waals surface area contributed by atoms with Gasteiger partial charge in [-0.05, 0) is 24.5 Å². The van der Waals surface area contributed by atoms with Gasteiger partial charge in [-0.15, -0.1) is 0 Å². The lowest BCUT2D eigenvalue weighted by molar-refractivity contribution is -0.152. The van der Waals surface area contributed by atoms with Crippen LogP contribution in [0.3, 0.4) is 0 Å². The highest BCUT2D eigenvalue weighted by Crippen LogP contribution is 2.26. The Bertz CT molecular complexity index is 551. The van der Waals surface area contributed by atoms with Crippen LogP contribution in [0.15, 0.2) is 60.7 Å². The zero-order valence-corrected chi connectivity index (χ0v) is 12.1. The molecule has 0 saturated carbocycles. The van der Waals surface area contributed by atoms with E-state index in [1.165, 1.54) is 0 Å². The molecule has 2 rings (SSSR count). The molecule has 0 saturated heterocycles. The minimum atomic E-state index is -0.870. The summed E-state index contributed by atoms with van der Waals surface area (Å²) in [6, 6.07) is 18.9. The normalized spacial score (nSPS) is 13.4. The Balaban J connectivity index is 2.21. The Hall–Kier alpha value is -2.13. The molecular weight excluding hydrogens is 264 g/mol. The molecule has 0 aliphatic rings. The summed E-state index contributed by atoms with van der Waals surface area (Å²) in [7, 11) is 0. The minimum Gasteiger partial charge on any atom is -0.466 e. The molecule has 3 nitrogen and oxygen atoms in total. The van der Waals surface area contributed by atoms with Gasteiger partial charge in [0.25, 0.3) is 0 Å². The predicted molar refractivity (Wildman–Crippen MR) is 81.7 cm³/mol. The molecule has 2 aromatic carbocycles. The first-order chi connectivity index (χ1) is 10.2. The van der Waals surface area contributed by atoms with E-state index >= 15 is 0 Å². The van der Waals surface area contributed by atoms with Crippen molar-refractivity contribution in [2.45, 2.75) is 19.4 Å². The van der Waals surface area contributed by atoms with Gasteiger partial charge in [-0.1, -0.05) is 60.7 Å². The molecular formula is C18H20O3. The number of carbonyl (C=O) groups is 1. The minimum absolute atomic E-state index is 0.311. The van der Waals surface area contributed by atoms with Gasteiger partial charge in [-0.2, -0.15) is 0 Å². The summed E-state index contributed by atoms with van der Waals surface area (Å²) in [5, 5.41) is 10.5. The maximum absolute atomic E-state index is 12.2. The number of esters is 1. The number of carbonyl (C=O) groups excluding carboxylic acids is 1.